The number of aromatic nitrogens is 1. The SMILES string of the molecule is NC(=O)c1cnc(Nc2ccc(N3CCCNCC3)cc2)cc1NCc1cc(F)cc(F)c1. The molecule has 0 saturated carbocycles. The van der Waals surface area contributed by atoms with E-state index >= 15 is 0 Å². The number of amides is 1. The molecule has 4 rings (SSSR count). The van der Waals surface area contributed by atoms with Crippen LogP contribution in [0.3, 0.4) is 0 Å². The van der Waals surface area contributed by atoms with Gasteiger partial charge in [0.2, 0.25) is 0 Å². The molecule has 33 heavy (non-hydrogen) atoms. The van der Waals surface area contributed by atoms with E-state index in [1.807, 2.05) is 12.1 Å². The van der Waals surface area contributed by atoms with E-state index in [1.165, 1.54) is 18.3 Å². The maximum Gasteiger partial charge on any atom is 0.252 e. The van der Waals surface area contributed by atoms with Crippen LogP contribution in [0, 0.1) is 11.6 Å². The molecule has 1 aliphatic rings. The molecular formula is C24H26F2N6O. The van der Waals surface area contributed by atoms with Gasteiger partial charge >= 0.3 is 0 Å². The lowest BCUT2D eigenvalue weighted by atomic mass is 10.1. The Kier molecular flexibility index (Phi) is 6.99. The topological polar surface area (TPSA) is 95.3 Å². The Morgan fingerprint density at radius 1 is 1.06 bits per heavy atom. The lowest BCUT2D eigenvalue weighted by Gasteiger charge is -2.22. The van der Waals surface area contributed by atoms with E-state index in [0.717, 1.165) is 50.0 Å². The van der Waals surface area contributed by atoms with Crippen molar-refractivity contribution in [2.75, 3.05) is 41.7 Å². The lowest BCUT2D eigenvalue weighted by molar-refractivity contribution is 0.100. The average molecular weight is 453 g/mol. The second kappa shape index (κ2) is 10.3. The minimum atomic E-state index is -0.668. The molecule has 2 heterocycles. The fraction of sp³-hybridized carbons (Fsp3) is 0.250. The molecule has 0 radical (unpaired) electrons. The van der Waals surface area contributed by atoms with Crippen LogP contribution >= 0.6 is 0 Å². The van der Waals surface area contributed by atoms with Gasteiger partial charge in [0.25, 0.3) is 5.91 Å². The first kappa shape index (κ1) is 22.5. The van der Waals surface area contributed by atoms with Crippen molar-refractivity contribution in [2.45, 2.75) is 13.0 Å². The van der Waals surface area contributed by atoms with Crippen molar-refractivity contribution >= 4 is 28.8 Å². The molecule has 7 nitrogen and oxygen atoms in total. The summed E-state index contributed by atoms with van der Waals surface area (Å²) in [6.45, 7) is 4.09. The van der Waals surface area contributed by atoms with Gasteiger partial charge in [-0.3, -0.25) is 4.79 Å². The van der Waals surface area contributed by atoms with Crippen LogP contribution in [0.5, 0.6) is 0 Å². The van der Waals surface area contributed by atoms with Crippen LogP contribution in [0.4, 0.5) is 31.7 Å². The molecule has 1 aliphatic heterocycles. The number of primary amides is 1. The third-order valence-corrected chi connectivity index (χ3v) is 5.42. The Bertz CT molecular complexity index is 1090. The van der Waals surface area contributed by atoms with E-state index in [9.17, 15) is 13.6 Å². The van der Waals surface area contributed by atoms with E-state index in [2.05, 4.69) is 38.0 Å². The van der Waals surface area contributed by atoms with Crippen molar-refractivity contribution in [3.05, 3.63) is 77.5 Å². The number of halogens is 2. The van der Waals surface area contributed by atoms with Gasteiger partial charge in [0.1, 0.15) is 17.5 Å². The summed E-state index contributed by atoms with van der Waals surface area (Å²) in [4.78, 5) is 18.4. The zero-order chi connectivity index (χ0) is 23.2. The monoisotopic (exact) mass is 452 g/mol. The molecular weight excluding hydrogens is 426 g/mol. The van der Waals surface area contributed by atoms with Gasteiger partial charge in [-0.1, -0.05) is 0 Å². The molecule has 1 fully saturated rings. The molecule has 1 aromatic heterocycles. The van der Waals surface area contributed by atoms with Crippen LogP contribution in [0.2, 0.25) is 0 Å². The van der Waals surface area contributed by atoms with Gasteiger partial charge < -0.3 is 26.6 Å². The number of nitrogens with one attached hydrogen (secondary N) is 3. The minimum Gasteiger partial charge on any atom is -0.380 e. The zero-order valence-corrected chi connectivity index (χ0v) is 18.1. The molecule has 1 amide bonds. The van der Waals surface area contributed by atoms with Gasteiger partial charge in [0.05, 0.1) is 11.3 Å². The largest absolute Gasteiger partial charge is 0.380 e. The van der Waals surface area contributed by atoms with Gasteiger partial charge in [0, 0.05) is 55.9 Å². The van der Waals surface area contributed by atoms with Crippen LogP contribution in [-0.2, 0) is 6.54 Å². The molecule has 5 N–H and O–H groups in total. The van der Waals surface area contributed by atoms with Crippen molar-refractivity contribution in [2.24, 2.45) is 5.73 Å². The Balaban J connectivity index is 1.48. The third kappa shape index (κ3) is 5.95. The summed E-state index contributed by atoms with van der Waals surface area (Å²) in [5, 5.41) is 9.63. The van der Waals surface area contributed by atoms with Crippen LogP contribution in [0.25, 0.3) is 0 Å². The predicted molar refractivity (Wildman–Crippen MR) is 126 cm³/mol. The van der Waals surface area contributed by atoms with Gasteiger partial charge in [-0.15, -0.1) is 0 Å². The number of nitrogens with two attached hydrogens (primary N) is 1. The number of benzene rings is 2. The van der Waals surface area contributed by atoms with Gasteiger partial charge in [-0.25, -0.2) is 13.8 Å². The fourth-order valence-corrected chi connectivity index (χ4v) is 3.78. The molecule has 0 spiro atoms. The summed E-state index contributed by atoms with van der Waals surface area (Å²) in [5.74, 6) is -1.49. The summed E-state index contributed by atoms with van der Waals surface area (Å²) in [5.41, 5.74) is 8.45. The lowest BCUT2D eigenvalue weighted by Crippen LogP contribution is -2.27. The number of carbonyl (C=O) groups excluding carboxylic acids is 1. The van der Waals surface area contributed by atoms with Crippen molar-refractivity contribution < 1.29 is 13.6 Å². The number of anilines is 4. The quantitative estimate of drug-likeness (QED) is 0.438. The molecule has 1 saturated heterocycles. The number of rotatable bonds is 7. The second-order valence-electron chi connectivity index (χ2n) is 7.87. The van der Waals surface area contributed by atoms with E-state index in [1.54, 1.807) is 6.07 Å². The first-order valence-corrected chi connectivity index (χ1v) is 10.8. The van der Waals surface area contributed by atoms with E-state index in [4.69, 9.17) is 5.73 Å². The highest BCUT2D eigenvalue weighted by Crippen LogP contribution is 2.24. The normalized spacial score (nSPS) is 13.9. The minimum absolute atomic E-state index is 0.109. The molecule has 2 aromatic carbocycles. The third-order valence-electron chi connectivity index (χ3n) is 5.42. The standard InChI is InChI=1S/C24H26F2N6O/c25-17-10-16(11-18(26)12-17)14-29-22-13-23(30-15-21(22)24(27)33)31-19-2-4-20(5-3-19)32-8-1-6-28-7-9-32/h2-5,10-13,15,28H,1,6-9,14H2,(H2,27,33)(H2,29,30,31). The van der Waals surface area contributed by atoms with E-state index in [-0.39, 0.29) is 12.1 Å². The molecule has 0 aliphatic carbocycles. The Labute approximate surface area is 191 Å². The molecule has 0 atom stereocenters. The molecule has 3 aromatic rings. The number of hydrogen-bond acceptors (Lipinski definition) is 6. The van der Waals surface area contributed by atoms with Crippen molar-refractivity contribution in [3.63, 3.8) is 0 Å². The number of hydrogen-bond donors (Lipinski definition) is 4. The zero-order valence-electron chi connectivity index (χ0n) is 18.1. The molecule has 9 heteroatoms. The van der Waals surface area contributed by atoms with Crippen LogP contribution in [0.15, 0.2) is 54.7 Å². The average Bonchev–Trinajstić information content (AvgIpc) is 3.07. The summed E-state index contributed by atoms with van der Waals surface area (Å²) in [6.07, 6.45) is 2.48. The second-order valence-corrected chi connectivity index (χ2v) is 7.87. The summed E-state index contributed by atoms with van der Waals surface area (Å²) in [7, 11) is 0. The highest BCUT2D eigenvalue weighted by atomic mass is 19.1. The summed E-state index contributed by atoms with van der Waals surface area (Å²) >= 11 is 0. The van der Waals surface area contributed by atoms with Crippen molar-refractivity contribution in [1.82, 2.24) is 10.3 Å². The predicted octanol–water partition coefficient (Wildman–Crippen LogP) is 3.61. The molecule has 0 unspecified atom stereocenters. The highest BCUT2D eigenvalue weighted by molar-refractivity contribution is 5.98. The van der Waals surface area contributed by atoms with Crippen LogP contribution in [-0.4, -0.2) is 37.1 Å². The summed E-state index contributed by atoms with van der Waals surface area (Å²) < 4.78 is 26.9. The Morgan fingerprint density at radius 2 is 1.82 bits per heavy atom. The Hall–Kier alpha value is -3.72. The van der Waals surface area contributed by atoms with E-state index in [0.29, 0.717) is 17.1 Å². The molecule has 0 bridgehead atoms. The van der Waals surface area contributed by atoms with Crippen LogP contribution in [0.1, 0.15) is 22.3 Å². The highest BCUT2D eigenvalue weighted by Gasteiger charge is 2.12. The first-order chi connectivity index (χ1) is 16.0. The smallest absolute Gasteiger partial charge is 0.252 e. The van der Waals surface area contributed by atoms with E-state index < -0.39 is 17.5 Å². The van der Waals surface area contributed by atoms with Gasteiger partial charge in [-0.2, -0.15) is 0 Å². The first-order valence-electron chi connectivity index (χ1n) is 10.8. The maximum absolute atomic E-state index is 13.5. The van der Waals surface area contributed by atoms with Gasteiger partial charge in [0.15, 0.2) is 0 Å². The number of pyridine rings is 1. The van der Waals surface area contributed by atoms with Crippen LogP contribution < -0.4 is 26.6 Å². The summed E-state index contributed by atoms with van der Waals surface area (Å²) in [6, 6.07) is 13.0. The number of nitrogens with zero attached hydrogens (tertiary/aromatic N) is 2. The van der Waals surface area contributed by atoms with Crippen molar-refractivity contribution in [1.29, 1.82) is 0 Å². The fourth-order valence-electron chi connectivity index (χ4n) is 3.78. The maximum atomic E-state index is 13.5. The Morgan fingerprint density at radius 3 is 2.55 bits per heavy atom. The van der Waals surface area contributed by atoms with Gasteiger partial charge in [-0.05, 0) is 54.9 Å². The number of carbonyl (C=O) groups is 1. The van der Waals surface area contributed by atoms with Crippen molar-refractivity contribution in [3.8, 4) is 0 Å². The molecule has 172 valence electrons.